The number of nitrogens with zero attached hydrogens (tertiary/aromatic N) is 2. The largest absolute Gasteiger partial charge is 0.479 e. The number of aromatic nitrogens is 2. The summed E-state index contributed by atoms with van der Waals surface area (Å²) in [5, 5.41) is 20.9. The molecule has 10 heteroatoms. The number of carbonyl (C=O) groups excluding carboxylic acids is 1. The maximum atomic E-state index is 11.3. The van der Waals surface area contributed by atoms with Gasteiger partial charge < -0.3 is 20.7 Å². The Hall–Kier alpha value is -3.24. The van der Waals surface area contributed by atoms with Crippen LogP contribution >= 0.6 is 0 Å². The molecule has 4 N–H and O–H groups in total. The second-order valence-electron chi connectivity index (χ2n) is 6.34. The summed E-state index contributed by atoms with van der Waals surface area (Å²) in [5.41, 5.74) is 5.10. The number of nitrogens with two attached hydrogens (primary N) is 1. The topological polar surface area (TPSA) is 158 Å². The van der Waals surface area contributed by atoms with Gasteiger partial charge in [0.1, 0.15) is 5.54 Å². The number of hydrogen-bond acceptors (Lipinski definition) is 8. The van der Waals surface area contributed by atoms with E-state index in [4.69, 9.17) is 15.9 Å². The number of aliphatic hydroxyl groups is 1. The molecule has 29 heavy (non-hydrogen) atoms. The Morgan fingerprint density at radius 1 is 1.34 bits per heavy atom. The van der Waals surface area contributed by atoms with Crippen molar-refractivity contribution in [2.24, 2.45) is 5.73 Å². The van der Waals surface area contributed by atoms with Crippen molar-refractivity contribution in [1.29, 1.82) is 0 Å². The fraction of sp³-hybridized carbons (Fsp3) is 0.368. The highest BCUT2D eigenvalue weighted by atomic mass is 16.5. The smallest absolute Gasteiger partial charge is 0.441 e. The first kappa shape index (κ1) is 23.8. The molecule has 2 atom stereocenters. The zero-order valence-corrected chi connectivity index (χ0v) is 16.4. The number of methoxy groups -OCH3 is 1. The average molecular weight is 407 g/mol. The number of carbonyl (C=O) groups is 2. The van der Waals surface area contributed by atoms with Gasteiger partial charge in [0, 0.05) is 6.54 Å². The van der Waals surface area contributed by atoms with Gasteiger partial charge in [-0.05, 0) is 25.8 Å². The summed E-state index contributed by atoms with van der Waals surface area (Å²) in [6.07, 6.45) is 2.35. The van der Waals surface area contributed by atoms with Crippen molar-refractivity contribution >= 4 is 11.9 Å². The van der Waals surface area contributed by atoms with E-state index >= 15 is 0 Å². The maximum Gasteiger partial charge on any atom is 0.441 e. The molecule has 1 aromatic heterocycles. The highest BCUT2D eigenvalue weighted by Crippen LogP contribution is 2.11. The van der Waals surface area contributed by atoms with Crippen molar-refractivity contribution in [2.75, 3.05) is 7.11 Å². The van der Waals surface area contributed by atoms with Gasteiger partial charge in [-0.2, -0.15) is 0 Å². The number of benzene rings is 1. The summed E-state index contributed by atoms with van der Waals surface area (Å²) in [4.78, 5) is 32.7. The number of hydrogen-bond donors (Lipinski definition) is 3. The van der Waals surface area contributed by atoms with Crippen molar-refractivity contribution in [2.45, 2.75) is 38.5 Å². The molecule has 10 nitrogen and oxygen atoms in total. The van der Waals surface area contributed by atoms with E-state index in [1.807, 2.05) is 0 Å². The number of rotatable bonds is 7. The molecule has 0 saturated carbocycles. The number of ether oxygens (including phenoxy) is 1. The summed E-state index contributed by atoms with van der Waals surface area (Å²) >= 11 is 0. The summed E-state index contributed by atoms with van der Waals surface area (Å²) in [6.45, 7) is 3.58. The Morgan fingerprint density at radius 2 is 1.97 bits per heavy atom. The van der Waals surface area contributed by atoms with E-state index in [9.17, 15) is 14.4 Å². The van der Waals surface area contributed by atoms with E-state index in [1.54, 1.807) is 56.3 Å². The first-order valence-corrected chi connectivity index (χ1v) is 8.61. The van der Waals surface area contributed by atoms with Crippen LogP contribution in [0.5, 0.6) is 0 Å². The minimum Gasteiger partial charge on any atom is -0.479 e. The van der Waals surface area contributed by atoms with E-state index < -0.39 is 29.3 Å². The Labute approximate surface area is 167 Å². The van der Waals surface area contributed by atoms with Crippen LogP contribution in [0.2, 0.25) is 0 Å². The molecule has 0 amide bonds. The molecule has 0 unspecified atom stereocenters. The lowest BCUT2D eigenvalue weighted by atomic mass is 9.99. The van der Waals surface area contributed by atoms with Crippen LogP contribution in [-0.4, -0.2) is 44.5 Å². The average Bonchev–Trinajstić information content (AvgIpc) is 3.02. The monoisotopic (exact) mass is 407 g/mol. The molecule has 0 aliphatic heterocycles. The summed E-state index contributed by atoms with van der Waals surface area (Å²) in [6, 6.07) is 8.26. The fourth-order valence-corrected chi connectivity index (χ4v) is 2.14. The molecule has 0 spiro atoms. The number of aliphatic hydroxyl groups excluding tert-OH is 1. The molecular formula is C19H25N3O7. The standard InChI is InChI=1S/C11H17N3O4.C8H8O3/c1-8-13-18-10(16)14(8)7-5-4-6-11(2,12)9(15)17-3;9-7(8(10)11)6-4-2-1-3-5-6/h4-5H,6-7,12H2,1-3H3;1-5,7,9H,(H,10,11)/b5-4+;/t11-;7-/m00/s1. The summed E-state index contributed by atoms with van der Waals surface area (Å²) in [5.74, 6) is -1.73. The van der Waals surface area contributed by atoms with Gasteiger partial charge in [0.15, 0.2) is 11.9 Å². The van der Waals surface area contributed by atoms with Gasteiger partial charge in [-0.25, -0.2) is 9.59 Å². The third-order valence-corrected chi connectivity index (χ3v) is 3.86. The lowest BCUT2D eigenvalue weighted by molar-refractivity contribution is -0.147. The molecule has 158 valence electrons. The zero-order chi connectivity index (χ0) is 22.0. The van der Waals surface area contributed by atoms with Gasteiger partial charge in [0.25, 0.3) is 0 Å². The van der Waals surface area contributed by atoms with Crippen molar-refractivity contribution in [1.82, 2.24) is 9.72 Å². The van der Waals surface area contributed by atoms with Crippen LogP contribution in [0.15, 0.2) is 51.8 Å². The molecule has 0 saturated heterocycles. The van der Waals surface area contributed by atoms with Crippen molar-refractivity contribution in [3.8, 4) is 0 Å². The highest BCUT2D eigenvalue weighted by Gasteiger charge is 2.27. The van der Waals surface area contributed by atoms with Crippen LogP contribution in [0, 0.1) is 6.92 Å². The summed E-state index contributed by atoms with van der Waals surface area (Å²) in [7, 11) is 1.29. The Balaban J connectivity index is 0.000000326. The number of aryl methyl sites for hydroxylation is 1. The number of carboxylic acids is 1. The predicted molar refractivity (Wildman–Crippen MR) is 103 cm³/mol. The van der Waals surface area contributed by atoms with Gasteiger partial charge in [-0.3, -0.25) is 13.9 Å². The molecule has 1 heterocycles. The lowest BCUT2D eigenvalue weighted by Crippen LogP contribution is -2.45. The minimum absolute atomic E-state index is 0.318. The molecule has 2 aromatic rings. The second-order valence-corrected chi connectivity index (χ2v) is 6.34. The Kier molecular flexibility index (Phi) is 8.97. The van der Waals surface area contributed by atoms with Gasteiger partial charge in [0.2, 0.25) is 0 Å². The van der Waals surface area contributed by atoms with Gasteiger partial charge in [0.05, 0.1) is 7.11 Å². The minimum atomic E-state index is -1.41. The van der Waals surface area contributed by atoms with Gasteiger partial charge in [-0.1, -0.05) is 47.6 Å². The van der Waals surface area contributed by atoms with E-state index in [-0.39, 0.29) is 0 Å². The fourth-order valence-electron chi connectivity index (χ4n) is 2.14. The number of carboxylic acid groups (broad SMARTS) is 1. The maximum absolute atomic E-state index is 11.3. The van der Waals surface area contributed by atoms with E-state index in [1.165, 1.54) is 11.7 Å². The van der Waals surface area contributed by atoms with Gasteiger partial charge in [-0.15, -0.1) is 0 Å². The van der Waals surface area contributed by atoms with Crippen LogP contribution in [0.25, 0.3) is 0 Å². The van der Waals surface area contributed by atoms with Crippen molar-refractivity contribution in [3.05, 3.63) is 64.4 Å². The normalized spacial score (nSPS) is 13.8. The third-order valence-electron chi connectivity index (χ3n) is 3.86. The molecular weight excluding hydrogens is 382 g/mol. The number of esters is 1. The molecule has 0 radical (unpaired) electrons. The highest BCUT2D eigenvalue weighted by molar-refractivity contribution is 5.80. The van der Waals surface area contributed by atoms with Crippen LogP contribution in [-0.2, 0) is 20.9 Å². The van der Waals surface area contributed by atoms with Crippen LogP contribution in [0.1, 0.15) is 30.8 Å². The Morgan fingerprint density at radius 3 is 2.45 bits per heavy atom. The van der Waals surface area contributed by atoms with E-state index in [2.05, 4.69) is 14.4 Å². The molecule has 0 bridgehead atoms. The number of aliphatic carboxylic acids is 1. The molecule has 1 aromatic carbocycles. The first-order chi connectivity index (χ1) is 13.6. The quantitative estimate of drug-likeness (QED) is 0.445. The zero-order valence-electron chi connectivity index (χ0n) is 16.4. The van der Waals surface area contributed by atoms with Crippen LogP contribution in [0.3, 0.4) is 0 Å². The Bertz CT molecular complexity index is 885. The SMILES string of the molecule is COC(=O)[C@@](C)(N)C/C=C/Cn1c(C)noc1=O.O=C(O)[C@@H](O)c1ccccc1. The lowest BCUT2D eigenvalue weighted by Gasteiger charge is -2.19. The van der Waals surface area contributed by atoms with Crippen molar-refractivity contribution < 1.29 is 29.1 Å². The second kappa shape index (κ2) is 10.9. The van der Waals surface area contributed by atoms with Crippen LogP contribution in [0.4, 0.5) is 0 Å². The van der Waals surface area contributed by atoms with Gasteiger partial charge >= 0.3 is 17.7 Å². The van der Waals surface area contributed by atoms with Crippen molar-refractivity contribution in [3.63, 3.8) is 0 Å². The molecule has 0 fully saturated rings. The summed E-state index contributed by atoms with van der Waals surface area (Å²) < 4.78 is 10.4. The molecule has 2 rings (SSSR count). The van der Waals surface area contributed by atoms with Crippen LogP contribution < -0.4 is 11.5 Å². The number of allylic oxidation sites excluding steroid dienone is 1. The van der Waals surface area contributed by atoms with E-state index in [0.717, 1.165) is 0 Å². The predicted octanol–water partition coefficient (Wildman–Crippen LogP) is 0.786. The molecule has 0 aliphatic rings. The third kappa shape index (κ3) is 7.35. The first-order valence-electron chi connectivity index (χ1n) is 8.61. The van der Waals surface area contributed by atoms with E-state index in [0.29, 0.717) is 24.4 Å². The molecule has 0 aliphatic carbocycles.